The maximum absolute atomic E-state index is 10.6. The van der Waals surface area contributed by atoms with Crippen molar-refractivity contribution in [2.24, 2.45) is 0 Å². The molecule has 1 rings (SSSR count). The molecule has 1 aromatic carbocycles. The molecular formula is C10H9ClO2. The largest absolute Gasteiger partial charge is 0.347 e. The Bertz CT molecular complexity index is 293. The van der Waals surface area contributed by atoms with E-state index in [9.17, 15) is 4.79 Å². The number of rotatable bonds is 3. The summed E-state index contributed by atoms with van der Waals surface area (Å²) in [5.74, 6) is -0.450. The normalized spacial score (nSPS) is 10.2. The van der Waals surface area contributed by atoms with E-state index in [4.69, 9.17) is 11.9 Å². The van der Waals surface area contributed by atoms with Gasteiger partial charge in [0.2, 0.25) is 0 Å². The standard InChI is InChI=1S/C10H9ClO2/c11-13-10(12)8-4-7-9-5-2-1-3-6-9/h1-7H,8H2/b7-4+. The third-order valence-corrected chi connectivity index (χ3v) is 1.65. The fraction of sp³-hybridized carbons (Fsp3) is 0.100. The Labute approximate surface area is 82.0 Å². The van der Waals surface area contributed by atoms with Gasteiger partial charge in [-0.25, -0.2) is 0 Å². The van der Waals surface area contributed by atoms with Gasteiger partial charge in [0.25, 0.3) is 0 Å². The summed E-state index contributed by atoms with van der Waals surface area (Å²) in [5, 5.41) is 0. The Kier molecular flexibility index (Phi) is 4.06. The molecule has 0 atom stereocenters. The maximum atomic E-state index is 10.6. The number of hydrogen-bond acceptors (Lipinski definition) is 2. The second-order valence-corrected chi connectivity index (χ2v) is 2.62. The van der Waals surface area contributed by atoms with Crippen molar-refractivity contribution < 1.29 is 9.08 Å². The molecule has 0 aliphatic rings. The van der Waals surface area contributed by atoms with E-state index in [0.29, 0.717) is 0 Å². The minimum atomic E-state index is -0.450. The van der Waals surface area contributed by atoms with E-state index in [0.717, 1.165) is 5.56 Å². The van der Waals surface area contributed by atoms with Gasteiger partial charge in [-0.1, -0.05) is 42.5 Å². The van der Waals surface area contributed by atoms with Crippen LogP contribution in [0.5, 0.6) is 0 Å². The first-order valence-electron chi connectivity index (χ1n) is 3.86. The lowest BCUT2D eigenvalue weighted by molar-refractivity contribution is -0.132. The van der Waals surface area contributed by atoms with E-state index < -0.39 is 5.97 Å². The Morgan fingerprint density at radius 2 is 2.08 bits per heavy atom. The summed E-state index contributed by atoms with van der Waals surface area (Å²) in [6, 6.07) is 9.69. The molecular weight excluding hydrogens is 188 g/mol. The van der Waals surface area contributed by atoms with Gasteiger partial charge in [-0.15, -0.1) is 0 Å². The van der Waals surface area contributed by atoms with Crippen molar-refractivity contribution in [2.45, 2.75) is 6.42 Å². The van der Waals surface area contributed by atoms with Crippen molar-refractivity contribution >= 4 is 23.9 Å². The molecule has 0 aliphatic carbocycles. The van der Waals surface area contributed by atoms with Gasteiger partial charge in [-0.2, -0.15) is 0 Å². The summed E-state index contributed by atoms with van der Waals surface area (Å²) < 4.78 is 3.97. The average molecular weight is 197 g/mol. The van der Waals surface area contributed by atoms with Crippen LogP contribution in [0.4, 0.5) is 0 Å². The highest BCUT2D eigenvalue weighted by molar-refractivity contribution is 6.13. The highest BCUT2D eigenvalue weighted by Crippen LogP contribution is 2.02. The maximum Gasteiger partial charge on any atom is 0.328 e. The second kappa shape index (κ2) is 5.38. The SMILES string of the molecule is O=C(C/C=C/c1ccccc1)OCl. The first kappa shape index (κ1) is 9.81. The van der Waals surface area contributed by atoms with Gasteiger partial charge in [0.15, 0.2) is 0 Å². The number of carbonyl (C=O) groups excluding carboxylic acids is 1. The molecule has 0 N–H and O–H groups in total. The fourth-order valence-electron chi connectivity index (χ4n) is 0.887. The molecule has 0 saturated carbocycles. The monoisotopic (exact) mass is 196 g/mol. The predicted octanol–water partition coefficient (Wildman–Crippen LogP) is 2.79. The van der Waals surface area contributed by atoms with E-state index >= 15 is 0 Å². The lowest BCUT2D eigenvalue weighted by Gasteiger charge is -1.90. The van der Waals surface area contributed by atoms with E-state index in [1.807, 2.05) is 36.4 Å². The number of benzene rings is 1. The zero-order chi connectivity index (χ0) is 9.52. The Hall–Kier alpha value is -1.28. The molecule has 0 saturated heterocycles. The summed E-state index contributed by atoms with van der Waals surface area (Å²) in [6.45, 7) is 0. The van der Waals surface area contributed by atoms with Crippen molar-refractivity contribution in [3.05, 3.63) is 42.0 Å². The van der Waals surface area contributed by atoms with Gasteiger partial charge >= 0.3 is 5.97 Å². The molecule has 0 bridgehead atoms. The molecule has 0 heterocycles. The van der Waals surface area contributed by atoms with Crippen LogP contribution >= 0.6 is 11.9 Å². The molecule has 13 heavy (non-hydrogen) atoms. The number of hydrogen-bond donors (Lipinski definition) is 0. The van der Waals surface area contributed by atoms with Crippen LogP contribution in [-0.4, -0.2) is 5.97 Å². The average Bonchev–Trinajstić information content (AvgIpc) is 2.19. The first-order chi connectivity index (χ1) is 6.33. The van der Waals surface area contributed by atoms with Gasteiger partial charge in [0.1, 0.15) is 11.9 Å². The molecule has 0 radical (unpaired) electrons. The molecule has 0 amide bonds. The minimum Gasteiger partial charge on any atom is -0.347 e. The summed E-state index contributed by atoms with van der Waals surface area (Å²) in [7, 11) is 0. The molecule has 68 valence electrons. The van der Waals surface area contributed by atoms with Crippen molar-refractivity contribution in [1.29, 1.82) is 0 Å². The Balaban J connectivity index is 2.45. The molecule has 0 aliphatic heterocycles. The van der Waals surface area contributed by atoms with Crippen molar-refractivity contribution in [2.75, 3.05) is 0 Å². The van der Waals surface area contributed by atoms with E-state index in [-0.39, 0.29) is 6.42 Å². The van der Waals surface area contributed by atoms with Crippen LogP contribution in [0.2, 0.25) is 0 Å². The molecule has 1 aromatic rings. The van der Waals surface area contributed by atoms with Crippen LogP contribution in [0, 0.1) is 0 Å². The van der Waals surface area contributed by atoms with E-state index in [1.165, 1.54) is 0 Å². The molecule has 0 unspecified atom stereocenters. The number of halogens is 1. The van der Waals surface area contributed by atoms with Gasteiger partial charge in [0.05, 0.1) is 6.42 Å². The third-order valence-electron chi connectivity index (χ3n) is 1.48. The first-order valence-corrected chi connectivity index (χ1v) is 4.17. The van der Waals surface area contributed by atoms with Crippen LogP contribution in [0.25, 0.3) is 6.08 Å². The second-order valence-electron chi connectivity index (χ2n) is 2.47. The molecule has 0 aromatic heterocycles. The Morgan fingerprint density at radius 1 is 1.38 bits per heavy atom. The van der Waals surface area contributed by atoms with Gasteiger partial charge in [0, 0.05) is 0 Å². The zero-order valence-electron chi connectivity index (χ0n) is 6.94. The third kappa shape index (κ3) is 3.76. The summed E-state index contributed by atoms with van der Waals surface area (Å²) in [4.78, 5) is 10.6. The van der Waals surface area contributed by atoms with Gasteiger partial charge < -0.3 is 4.29 Å². The van der Waals surface area contributed by atoms with Crippen molar-refractivity contribution in [3.63, 3.8) is 0 Å². The topological polar surface area (TPSA) is 26.3 Å². The summed E-state index contributed by atoms with van der Waals surface area (Å²) >= 11 is 4.85. The van der Waals surface area contributed by atoms with E-state index in [2.05, 4.69) is 4.29 Å². The van der Waals surface area contributed by atoms with Crippen LogP contribution in [0.3, 0.4) is 0 Å². The summed E-state index contributed by atoms with van der Waals surface area (Å²) in [5.41, 5.74) is 1.05. The highest BCUT2D eigenvalue weighted by atomic mass is 35.5. The zero-order valence-corrected chi connectivity index (χ0v) is 7.70. The van der Waals surface area contributed by atoms with Crippen LogP contribution in [0.1, 0.15) is 12.0 Å². The lowest BCUT2D eigenvalue weighted by Crippen LogP contribution is -1.92. The predicted molar refractivity (Wildman–Crippen MR) is 52.0 cm³/mol. The van der Waals surface area contributed by atoms with Gasteiger partial charge in [-0.3, -0.25) is 4.79 Å². The highest BCUT2D eigenvalue weighted by Gasteiger charge is 1.95. The fourth-order valence-corrected chi connectivity index (χ4v) is 0.950. The van der Waals surface area contributed by atoms with Crippen LogP contribution < -0.4 is 0 Å². The lowest BCUT2D eigenvalue weighted by atomic mass is 10.2. The quantitative estimate of drug-likeness (QED) is 0.743. The van der Waals surface area contributed by atoms with Crippen LogP contribution in [0.15, 0.2) is 36.4 Å². The van der Waals surface area contributed by atoms with Crippen LogP contribution in [-0.2, 0) is 9.08 Å². The summed E-state index contributed by atoms with van der Waals surface area (Å²) in [6.07, 6.45) is 3.74. The van der Waals surface area contributed by atoms with E-state index in [1.54, 1.807) is 6.08 Å². The molecule has 2 nitrogen and oxygen atoms in total. The smallest absolute Gasteiger partial charge is 0.328 e. The molecule has 3 heteroatoms. The van der Waals surface area contributed by atoms with Crippen molar-refractivity contribution in [1.82, 2.24) is 0 Å². The number of carbonyl (C=O) groups is 1. The van der Waals surface area contributed by atoms with Gasteiger partial charge in [-0.05, 0) is 5.56 Å². The Morgan fingerprint density at radius 3 is 2.69 bits per heavy atom. The van der Waals surface area contributed by atoms with Crippen molar-refractivity contribution in [3.8, 4) is 0 Å². The molecule has 0 spiro atoms. The minimum absolute atomic E-state index is 0.193. The molecule has 0 fully saturated rings.